The van der Waals surface area contributed by atoms with E-state index in [1.165, 1.54) is 6.20 Å². The molecule has 0 N–H and O–H groups in total. The number of alkyl halides is 3. The van der Waals surface area contributed by atoms with Gasteiger partial charge in [-0.25, -0.2) is 4.65 Å². The van der Waals surface area contributed by atoms with Crippen LogP contribution in [0.1, 0.15) is 41.5 Å². The Morgan fingerprint density at radius 3 is 2.26 bits per heavy atom. The molecule has 2 atom stereocenters. The van der Waals surface area contributed by atoms with E-state index in [-0.39, 0.29) is 44.8 Å². The zero-order chi connectivity index (χ0) is 29.9. The summed E-state index contributed by atoms with van der Waals surface area (Å²) in [6.45, 7) is 1.72. The molecule has 42 heavy (non-hydrogen) atoms. The number of amides is 1. The number of nitrogens with zero attached hydrogens (tertiary/aromatic N) is 3. The minimum absolute atomic E-state index is 0.0699. The van der Waals surface area contributed by atoms with Gasteiger partial charge in [-0.05, 0) is 48.6 Å². The van der Waals surface area contributed by atoms with E-state index < -0.39 is 28.6 Å². The van der Waals surface area contributed by atoms with Gasteiger partial charge in [-0.2, -0.15) is 18.2 Å². The minimum atomic E-state index is -4.95. The second kappa shape index (κ2) is 11.9. The molecule has 3 aromatic rings. The summed E-state index contributed by atoms with van der Waals surface area (Å²) in [6, 6.07) is 23.3. The molecule has 0 aliphatic carbocycles. The lowest BCUT2D eigenvalue weighted by atomic mass is 9.90. The third-order valence-electron chi connectivity index (χ3n) is 7.63. The van der Waals surface area contributed by atoms with Crippen molar-refractivity contribution < 1.29 is 27.5 Å². The molecule has 0 spiro atoms. The third-order valence-corrected chi connectivity index (χ3v) is 7.63. The normalized spacial score (nSPS) is 19.3. The number of ether oxygens (including phenoxy) is 1. The molecule has 0 saturated heterocycles. The quantitative estimate of drug-likeness (QED) is 0.195. The highest BCUT2D eigenvalue weighted by atomic mass is 19.4. The maximum Gasteiger partial charge on any atom is 0.471 e. The van der Waals surface area contributed by atoms with E-state index in [0.717, 1.165) is 16.0 Å². The van der Waals surface area contributed by atoms with Crippen LogP contribution in [0, 0.1) is 5.21 Å². The standard InChI is InChI=1S/C32H30F3N3O4/c1-2-42-29(39)20-27(23-9-5-3-6-10-23)28-21-36-30(24-11-7-4-8-12-24)38(28,41)26-14-13-22-15-17-37(18-16-25(22)19-26)31(40)32(33,34)35/h3-14,19,21,27H,2,15-18,20H2,1H3. The average molecular weight is 578 g/mol. The van der Waals surface area contributed by atoms with Crippen LogP contribution in [0.2, 0.25) is 0 Å². The Labute approximate surface area is 241 Å². The number of amidine groups is 1. The fraction of sp³-hybridized carbons (Fsp3) is 0.281. The number of benzene rings is 3. The summed E-state index contributed by atoms with van der Waals surface area (Å²) in [5.74, 6) is -2.77. The Morgan fingerprint density at radius 2 is 1.62 bits per heavy atom. The van der Waals surface area contributed by atoms with E-state index in [2.05, 4.69) is 4.99 Å². The van der Waals surface area contributed by atoms with Crippen molar-refractivity contribution in [3.8, 4) is 0 Å². The second-order valence-corrected chi connectivity index (χ2v) is 10.2. The van der Waals surface area contributed by atoms with Crippen LogP contribution in [0.3, 0.4) is 0 Å². The van der Waals surface area contributed by atoms with Gasteiger partial charge in [0.1, 0.15) is 11.4 Å². The number of esters is 1. The number of quaternary nitrogens is 1. The number of aliphatic imine (C=N–C) groups is 1. The van der Waals surface area contributed by atoms with E-state index >= 15 is 5.21 Å². The lowest BCUT2D eigenvalue weighted by molar-refractivity contribution is -0.185. The van der Waals surface area contributed by atoms with Crippen molar-refractivity contribution in [3.05, 3.63) is 118 Å². The number of carbonyl (C=O) groups is 2. The van der Waals surface area contributed by atoms with Gasteiger partial charge in [-0.1, -0.05) is 54.6 Å². The molecule has 218 valence electrons. The van der Waals surface area contributed by atoms with Gasteiger partial charge in [0, 0.05) is 25.2 Å². The lowest BCUT2D eigenvalue weighted by Crippen LogP contribution is -2.48. The van der Waals surface area contributed by atoms with Crippen LogP contribution >= 0.6 is 0 Å². The first kappa shape index (κ1) is 29.2. The molecule has 2 unspecified atom stereocenters. The number of rotatable bonds is 7. The summed E-state index contributed by atoms with van der Waals surface area (Å²) in [5, 5.41) is 15.4. The maximum absolute atomic E-state index is 15.4. The molecular weight excluding hydrogens is 547 g/mol. The molecule has 0 bridgehead atoms. The largest absolute Gasteiger partial charge is 0.615 e. The third kappa shape index (κ3) is 5.73. The van der Waals surface area contributed by atoms with Gasteiger partial charge in [0.2, 0.25) is 5.84 Å². The van der Waals surface area contributed by atoms with Gasteiger partial charge < -0.3 is 14.8 Å². The topological polar surface area (TPSA) is 82.0 Å². The predicted octanol–water partition coefficient (Wildman–Crippen LogP) is 6.02. The molecule has 10 heteroatoms. The number of allylic oxidation sites excluding steroid dienone is 1. The van der Waals surface area contributed by atoms with Crippen LogP contribution in [-0.2, 0) is 27.2 Å². The highest BCUT2D eigenvalue weighted by Crippen LogP contribution is 2.44. The summed E-state index contributed by atoms with van der Waals surface area (Å²) >= 11 is 0. The Balaban J connectivity index is 1.58. The van der Waals surface area contributed by atoms with E-state index in [1.54, 1.807) is 49.4 Å². The van der Waals surface area contributed by atoms with Crippen LogP contribution in [-0.4, -0.2) is 48.5 Å². The van der Waals surface area contributed by atoms with Crippen LogP contribution in [0.4, 0.5) is 18.9 Å². The number of hydrogen-bond acceptors (Lipinski definition) is 5. The molecule has 3 aromatic carbocycles. The molecule has 0 aromatic heterocycles. The molecule has 0 fully saturated rings. The first-order valence-electron chi connectivity index (χ1n) is 13.8. The Kier molecular flexibility index (Phi) is 8.29. The Hall–Kier alpha value is -4.28. The molecule has 0 radical (unpaired) electrons. The summed E-state index contributed by atoms with van der Waals surface area (Å²) in [7, 11) is 0. The van der Waals surface area contributed by atoms with E-state index in [4.69, 9.17) is 4.74 Å². The number of carbonyl (C=O) groups excluding carboxylic acids is 2. The molecule has 5 rings (SSSR count). The highest BCUT2D eigenvalue weighted by molar-refractivity contribution is 6.10. The summed E-state index contributed by atoms with van der Waals surface area (Å²) in [6.07, 6.45) is -3.13. The van der Waals surface area contributed by atoms with Crippen molar-refractivity contribution in [2.75, 3.05) is 19.7 Å². The SMILES string of the molecule is CCOC(=O)CC(C1=CN=C(c2ccccc2)[N+]1([O-])c1ccc2c(c1)CCN(C(=O)C(F)(F)F)CC2)c1ccccc1. The number of hydrogen-bond donors (Lipinski definition) is 0. The van der Waals surface area contributed by atoms with Gasteiger partial charge in [0.05, 0.1) is 30.7 Å². The molecule has 1 amide bonds. The first-order chi connectivity index (χ1) is 20.1. The number of halogens is 3. The maximum atomic E-state index is 15.4. The predicted molar refractivity (Wildman–Crippen MR) is 153 cm³/mol. The van der Waals surface area contributed by atoms with Gasteiger partial charge >= 0.3 is 18.1 Å². The Bertz CT molecular complexity index is 1520. The first-order valence-corrected chi connectivity index (χ1v) is 13.8. The van der Waals surface area contributed by atoms with Crippen LogP contribution in [0.25, 0.3) is 0 Å². The van der Waals surface area contributed by atoms with Crippen molar-refractivity contribution in [2.45, 2.75) is 38.3 Å². The Morgan fingerprint density at radius 1 is 0.976 bits per heavy atom. The molecule has 7 nitrogen and oxygen atoms in total. The molecule has 0 saturated carbocycles. The van der Waals surface area contributed by atoms with Gasteiger partial charge in [-0.15, -0.1) is 0 Å². The summed E-state index contributed by atoms with van der Waals surface area (Å²) < 4.78 is 43.6. The molecule has 2 aliphatic rings. The highest BCUT2D eigenvalue weighted by Gasteiger charge is 2.45. The van der Waals surface area contributed by atoms with Crippen molar-refractivity contribution in [2.24, 2.45) is 4.99 Å². The van der Waals surface area contributed by atoms with E-state index in [9.17, 15) is 22.8 Å². The van der Waals surface area contributed by atoms with Crippen molar-refractivity contribution in [1.82, 2.24) is 9.55 Å². The zero-order valence-corrected chi connectivity index (χ0v) is 23.0. The van der Waals surface area contributed by atoms with E-state index in [1.807, 2.05) is 36.4 Å². The fourth-order valence-electron chi connectivity index (χ4n) is 5.59. The molecular formula is C32H30F3N3O4. The average Bonchev–Trinajstić information content (AvgIpc) is 3.19. The van der Waals surface area contributed by atoms with Gasteiger partial charge in [0.25, 0.3) is 0 Å². The van der Waals surface area contributed by atoms with Crippen molar-refractivity contribution in [3.63, 3.8) is 0 Å². The summed E-state index contributed by atoms with van der Waals surface area (Å²) in [4.78, 5) is 30.1. The van der Waals surface area contributed by atoms with Crippen LogP contribution in [0.15, 0.2) is 95.8 Å². The van der Waals surface area contributed by atoms with Gasteiger partial charge in [0.15, 0.2) is 0 Å². The second-order valence-electron chi connectivity index (χ2n) is 10.2. The summed E-state index contributed by atoms with van der Waals surface area (Å²) in [5.41, 5.74) is 3.43. The fourth-order valence-corrected chi connectivity index (χ4v) is 5.59. The number of hydroxylamine groups is 2. The van der Waals surface area contributed by atoms with Crippen molar-refractivity contribution in [1.29, 1.82) is 0 Å². The monoisotopic (exact) mass is 577 g/mol. The minimum Gasteiger partial charge on any atom is -0.615 e. The lowest BCUT2D eigenvalue weighted by Gasteiger charge is -2.42. The van der Waals surface area contributed by atoms with Crippen LogP contribution < -0.4 is 4.65 Å². The van der Waals surface area contributed by atoms with Crippen LogP contribution in [0.5, 0.6) is 0 Å². The zero-order valence-electron chi connectivity index (χ0n) is 23.0. The van der Waals surface area contributed by atoms with Crippen molar-refractivity contribution >= 4 is 23.4 Å². The molecule has 2 aliphatic heterocycles. The molecule has 2 heterocycles. The van der Waals surface area contributed by atoms with E-state index in [0.29, 0.717) is 22.5 Å². The smallest absolute Gasteiger partial charge is 0.471 e. The number of fused-ring (bicyclic) bond motifs is 1. The van der Waals surface area contributed by atoms with Gasteiger partial charge in [-0.3, -0.25) is 9.59 Å².